The van der Waals surface area contributed by atoms with Crippen LogP contribution >= 0.6 is 91.5 Å². The van der Waals surface area contributed by atoms with Gasteiger partial charge in [0.25, 0.3) is 0 Å². The van der Waals surface area contributed by atoms with Crippen LogP contribution in [-0.4, -0.2) is 253 Å². The van der Waals surface area contributed by atoms with Gasteiger partial charge in [-0.25, -0.2) is 9.98 Å². The molecule has 7 aliphatic rings. The number of likely N-dealkylation sites (N-methyl/N-ethyl adjacent to an activating group) is 4. The van der Waals surface area contributed by atoms with Gasteiger partial charge in [0.1, 0.15) is 61.1 Å². The topological polar surface area (TPSA) is 262 Å². The number of amidine groups is 2. The third kappa shape index (κ3) is 33.6. The molecule has 0 unspecified atom stereocenters. The molecule has 762 valence electrons. The number of nitrogens with zero attached hydrogens (tertiary/aromatic N) is 11. The number of hydrogen-bond acceptors (Lipinski definition) is 29. The van der Waals surface area contributed by atoms with Gasteiger partial charge in [0.2, 0.25) is 0 Å². The summed E-state index contributed by atoms with van der Waals surface area (Å²) in [7, 11) is 10.4. The highest BCUT2D eigenvalue weighted by Gasteiger charge is 2.27. The fourth-order valence-corrected chi connectivity index (χ4v) is 23.1. The Morgan fingerprint density at radius 3 is 1.08 bits per heavy atom. The summed E-state index contributed by atoms with van der Waals surface area (Å²) < 4.78 is 23.2. The molecule has 0 amide bonds. The predicted octanol–water partition coefficient (Wildman–Crippen LogP) is 23.0. The lowest BCUT2D eigenvalue weighted by Gasteiger charge is -2.32. The molecule has 31 heteroatoms. The van der Waals surface area contributed by atoms with Gasteiger partial charge in [-0.3, -0.25) is 0 Å². The van der Waals surface area contributed by atoms with E-state index >= 15 is 0 Å². The summed E-state index contributed by atoms with van der Waals surface area (Å²) in [5, 5.41) is 51.7. The van der Waals surface area contributed by atoms with Crippen molar-refractivity contribution in [2.45, 2.75) is 105 Å². The zero-order valence-corrected chi connectivity index (χ0v) is 87.3. The van der Waals surface area contributed by atoms with E-state index in [4.69, 9.17) is 52.1 Å². The quantitative estimate of drug-likeness (QED) is 0.0104. The van der Waals surface area contributed by atoms with Crippen LogP contribution in [0.2, 0.25) is 0 Å². The van der Waals surface area contributed by atoms with Crippen LogP contribution in [0.1, 0.15) is 121 Å². The fourth-order valence-electron chi connectivity index (χ4n) is 16.9. The first kappa shape index (κ1) is 114. The molecule has 6 aromatic heterocycles. The lowest BCUT2D eigenvalue weighted by atomic mass is 10.1. The van der Waals surface area contributed by atoms with Crippen LogP contribution in [0.3, 0.4) is 0 Å². The first-order chi connectivity index (χ1) is 67.4. The average Bonchev–Trinajstić information content (AvgIpc) is 1.08. The lowest BCUT2D eigenvalue weighted by molar-refractivity contribution is 0.302. The zero-order valence-electron chi connectivity index (χ0n) is 80.8. The van der Waals surface area contributed by atoms with E-state index in [0.29, 0.717) is 48.1 Å². The van der Waals surface area contributed by atoms with Gasteiger partial charge >= 0.3 is 0 Å². The molecule has 0 radical (unpaired) electrons. The van der Waals surface area contributed by atoms with Gasteiger partial charge < -0.3 is 107 Å². The van der Waals surface area contributed by atoms with Gasteiger partial charge in [-0.05, 0) is 250 Å². The molecular formula is C111H151N19O4S8. The van der Waals surface area contributed by atoms with E-state index in [-0.39, 0.29) is 29.7 Å². The first-order valence-corrected chi connectivity index (χ1v) is 55.3. The van der Waals surface area contributed by atoms with Crippen molar-refractivity contribution in [3.05, 3.63) is 266 Å². The molecule has 0 aliphatic carbocycles. The van der Waals surface area contributed by atoms with E-state index in [1.807, 2.05) is 160 Å². The third-order valence-corrected chi connectivity index (χ3v) is 31.9. The standard InChI is InChI=1S/C20H25N3S2.2C18H23N3OS.C17H22N4OS.C17H21N3OS.C17H21N3S2.4CH4/c21-17(19-4-3-12-24-19)14-16-5-6-18-20(15-16)25-13-11-23(18)10-9-22-7-1-2-8-22;1-20(2)7-8-21-9-10-22-17-13-14(5-6-16(17)21)12-15(19)18-4-3-11-23-18;1-2-20-7-8-21-9-10-22-17-13-14(5-6-16(17)21)12-15(19)18-4-3-11-23-18;1-20(2)7-8-21-9-10-22-15-6-5-13(12-14(15)21)19-17(18)16-4-3-11-23-16;1-2-3-8-20-9-10-21-15-7-6-13(12-14(15)20)19-17(18)16-5-4-11-22-16;1-19-6-7-20-8-10-22-17-12-13(4-5-15(17)20)11-14(18)16-3-2-9-21-16;;;;/h3-6,12,15,21H,1-2,7-11,13-14H2;3-6,11,13,19H,7-10,12H2,1-2H3;3-6,11,13,19-20H,2,7-10,12H2,1H3;3-6,11-12H,7-10H2,1-2H3,(H2,18,19);4-7,11-12H,2-3,8-10H2,1H3,(H2,18,19);2-5,9,12,18-19H,6-8,10-11H2,1H3;4*1H4. The van der Waals surface area contributed by atoms with Crippen molar-refractivity contribution in [3.63, 3.8) is 0 Å². The third-order valence-electron chi connectivity index (χ3n) is 24.3. The van der Waals surface area contributed by atoms with Crippen LogP contribution < -0.4 is 70.4 Å². The number of ether oxygens (including phenoxy) is 4. The second-order valence-corrected chi connectivity index (χ2v) is 42.9. The van der Waals surface area contributed by atoms with Gasteiger partial charge in [0.05, 0.1) is 104 Å². The smallest absolute Gasteiger partial charge is 0.142 e. The average molecular weight is 2070 g/mol. The molecule has 6 aromatic carbocycles. The number of thiophene rings is 6. The van der Waals surface area contributed by atoms with Crippen molar-refractivity contribution in [1.29, 1.82) is 21.6 Å². The molecule has 13 heterocycles. The Kier molecular flexibility index (Phi) is 47.3. The number of unbranched alkanes of at least 4 members (excludes halogenated alkanes) is 1. The van der Waals surface area contributed by atoms with Crippen LogP contribution in [0.4, 0.5) is 45.5 Å². The summed E-state index contributed by atoms with van der Waals surface area (Å²) >= 11 is 13.6. The lowest BCUT2D eigenvalue weighted by Crippen LogP contribution is -2.37. The Morgan fingerprint density at radius 1 is 0.366 bits per heavy atom. The first-order valence-electron chi connectivity index (χ1n) is 48.0. The molecular weight excluding hydrogens is 1920 g/mol. The number of anilines is 6. The number of nitrogens with two attached hydrogens (primary N) is 2. The number of hydrogen-bond donors (Lipinski definition) is 8. The predicted molar refractivity (Wildman–Crippen MR) is 621 cm³/mol. The Labute approximate surface area is 878 Å². The molecule has 0 spiro atoms. The van der Waals surface area contributed by atoms with Crippen LogP contribution in [0.15, 0.2) is 234 Å². The minimum absolute atomic E-state index is 0. The second-order valence-electron chi connectivity index (χ2n) is 35.0. The fraction of sp³-hybridized carbons (Fsp3) is 0.405. The highest BCUT2D eigenvalue weighted by Crippen LogP contribution is 2.42. The number of nitrogens with one attached hydrogen (secondary N) is 6. The van der Waals surface area contributed by atoms with Crippen molar-refractivity contribution in [1.82, 2.24) is 25.3 Å². The molecule has 1 fully saturated rings. The van der Waals surface area contributed by atoms with Crippen LogP contribution in [0.5, 0.6) is 23.0 Å². The minimum Gasteiger partial charge on any atom is -0.490 e. The Hall–Kier alpha value is -10.4. The van der Waals surface area contributed by atoms with Crippen molar-refractivity contribution in [2.24, 2.45) is 21.5 Å². The summed E-state index contributed by atoms with van der Waals surface area (Å²) in [6.45, 7) is 28.2. The maximum absolute atomic E-state index is 8.31. The normalized spacial score (nSPS) is 14.3. The van der Waals surface area contributed by atoms with Gasteiger partial charge in [0, 0.05) is 152 Å². The number of benzene rings is 6. The molecule has 19 rings (SSSR count). The van der Waals surface area contributed by atoms with Crippen molar-refractivity contribution >= 4 is 172 Å². The van der Waals surface area contributed by atoms with Crippen LogP contribution in [-0.2, 0) is 25.7 Å². The van der Waals surface area contributed by atoms with Gasteiger partial charge in [-0.1, -0.05) is 111 Å². The molecule has 0 saturated carbocycles. The highest BCUT2D eigenvalue weighted by molar-refractivity contribution is 7.99. The SMILES string of the molecule is C.C.C.C.CCCCN1CCOc2ccc(N=C(N)c3cccs3)cc21.CCNCCN1CCOc2cc(CC(=N)c3cccs3)ccc21.CN(C)CCN1CCOc2cc(CC(=N)c3cccs3)ccc21.CN(C)CCN1CCOc2ccc(N=C(N)c3cccs3)cc21.CNCCN1CCSc2cc(CC(=N)c3cccs3)ccc21.N=C(Cc1ccc2c(c1)SCCN2CCN1CCCC1)c1cccs1. The zero-order chi connectivity index (χ0) is 96.3. The Balaban J connectivity index is 0.000000174. The largest absolute Gasteiger partial charge is 0.490 e. The van der Waals surface area contributed by atoms with Crippen molar-refractivity contribution < 1.29 is 18.9 Å². The molecule has 7 aliphatic heterocycles. The summed E-state index contributed by atoms with van der Waals surface area (Å²) in [5.74, 6) is 7.18. The molecule has 1 saturated heterocycles. The Bertz CT molecular complexity index is 5850. The molecule has 142 heavy (non-hydrogen) atoms. The monoisotopic (exact) mass is 2070 g/mol. The maximum Gasteiger partial charge on any atom is 0.142 e. The van der Waals surface area contributed by atoms with Crippen LogP contribution in [0, 0.1) is 21.6 Å². The summed E-state index contributed by atoms with van der Waals surface area (Å²) in [4.78, 5) is 39.5. The number of likely N-dealkylation sites (tertiary alicyclic amines) is 1. The molecule has 10 N–H and O–H groups in total. The Morgan fingerprint density at radius 2 is 0.711 bits per heavy atom. The summed E-state index contributed by atoms with van der Waals surface area (Å²) in [6, 6.07) is 62.3. The summed E-state index contributed by atoms with van der Waals surface area (Å²) in [5.41, 5.74) is 28.7. The van der Waals surface area contributed by atoms with E-state index in [1.165, 1.54) is 94.7 Å². The van der Waals surface area contributed by atoms with Gasteiger partial charge in [0.15, 0.2) is 0 Å². The molecule has 0 bridgehead atoms. The second kappa shape index (κ2) is 59.2. The highest BCUT2D eigenvalue weighted by atomic mass is 32.2. The number of thioether (sulfide) groups is 2. The van der Waals surface area contributed by atoms with E-state index in [9.17, 15) is 0 Å². The van der Waals surface area contributed by atoms with E-state index in [2.05, 4.69) is 192 Å². The van der Waals surface area contributed by atoms with Gasteiger partial charge in [-0.2, -0.15) is 0 Å². The van der Waals surface area contributed by atoms with E-state index in [0.717, 1.165) is 242 Å². The number of rotatable bonds is 35. The minimum atomic E-state index is 0. The molecule has 12 aromatic rings. The molecule has 0 atom stereocenters. The number of aliphatic imine (C=N–C) groups is 2. The van der Waals surface area contributed by atoms with E-state index in [1.54, 1.807) is 68.0 Å². The molecule has 23 nitrogen and oxygen atoms in total. The maximum atomic E-state index is 8.31. The van der Waals surface area contributed by atoms with Gasteiger partial charge in [-0.15, -0.1) is 91.5 Å². The van der Waals surface area contributed by atoms with Crippen LogP contribution in [0.25, 0.3) is 0 Å². The summed E-state index contributed by atoms with van der Waals surface area (Å²) in [6.07, 6.45) is 7.84. The number of fused-ring (bicyclic) bond motifs is 6. The van der Waals surface area contributed by atoms with Crippen molar-refractivity contribution in [3.8, 4) is 23.0 Å². The van der Waals surface area contributed by atoms with E-state index < -0.39 is 0 Å². The van der Waals surface area contributed by atoms with Crippen molar-refractivity contribution in [2.75, 3.05) is 233 Å².